The van der Waals surface area contributed by atoms with Crippen LogP contribution in [0, 0.1) is 5.41 Å². The molecule has 12 heavy (non-hydrogen) atoms. The van der Waals surface area contributed by atoms with Crippen molar-refractivity contribution in [2.45, 2.75) is 6.42 Å². The van der Waals surface area contributed by atoms with Crippen LogP contribution in [0.25, 0.3) is 0 Å². The molecule has 0 unspecified atom stereocenters. The van der Waals surface area contributed by atoms with Crippen LogP contribution in [0.2, 0.25) is 0 Å². The van der Waals surface area contributed by atoms with E-state index in [1.807, 2.05) is 6.07 Å². The van der Waals surface area contributed by atoms with Gasteiger partial charge in [-0.1, -0.05) is 0 Å². The second kappa shape index (κ2) is 3.71. The maximum atomic E-state index is 7.07. The zero-order chi connectivity index (χ0) is 8.97. The summed E-state index contributed by atoms with van der Waals surface area (Å²) in [7, 11) is 1.58. The van der Waals surface area contributed by atoms with Crippen LogP contribution in [0.15, 0.2) is 18.5 Å². The van der Waals surface area contributed by atoms with E-state index in [0.717, 1.165) is 5.56 Å². The summed E-state index contributed by atoms with van der Waals surface area (Å²) in [4.78, 5) is 3.93. The highest BCUT2D eigenvalue weighted by atomic mass is 16.5. The van der Waals surface area contributed by atoms with E-state index in [9.17, 15) is 0 Å². The summed E-state index contributed by atoms with van der Waals surface area (Å²) in [5, 5.41) is 7.07. The molecule has 0 saturated heterocycles. The highest BCUT2D eigenvalue weighted by Gasteiger charge is 1.97. The zero-order valence-electron chi connectivity index (χ0n) is 6.87. The third-order valence-corrected chi connectivity index (χ3v) is 1.40. The number of methoxy groups -OCH3 is 1. The zero-order valence-corrected chi connectivity index (χ0v) is 6.87. The Labute approximate surface area is 70.9 Å². The Balaban J connectivity index is 2.79. The summed E-state index contributed by atoms with van der Waals surface area (Å²) in [6, 6.07) is 1.81. The molecule has 1 rings (SSSR count). The molecule has 0 aromatic carbocycles. The van der Waals surface area contributed by atoms with Gasteiger partial charge < -0.3 is 10.5 Å². The number of hydrogen-bond donors (Lipinski definition) is 2. The van der Waals surface area contributed by atoms with Crippen molar-refractivity contribution in [2.24, 2.45) is 5.73 Å². The van der Waals surface area contributed by atoms with Crippen molar-refractivity contribution in [2.75, 3.05) is 7.11 Å². The van der Waals surface area contributed by atoms with Gasteiger partial charge in [-0.15, -0.1) is 0 Å². The topological polar surface area (TPSA) is 72.0 Å². The van der Waals surface area contributed by atoms with Crippen molar-refractivity contribution in [3.63, 3.8) is 0 Å². The molecule has 0 saturated carbocycles. The molecule has 4 heteroatoms. The van der Waals surface area contributed by atoms with E-state index in [-0.39, 0.29) is 5.84 Å². The number of amidine groups is 1. The summed E-state index contributed by atoms with van der Waals surface area (Å²) in [5.41, 5.74) is 6.12. The number of nitrogens with two attached hydrogens (primary N) is 1. The van der Waals surface area contributed by atoms with Gasteiger partial charge in [0.1, 0.15) is 5.75 Å². The van der Waals surface area contributed by atoms with Crippen LogP contribution in [0.5, 0.6) is 5.75 Å². The molecular weight excluding hydrogens is 154 g/mol. The molecule has 0 spiro atoms. The third-order valence-electron chi connectivity index (χ3n) is 1.40. The Morgan fingerprint density at radius 2 is 2.42 bits per heavy atom. The van der Waals surface area contributed by atoms with Gasteiger partial charge in [0.05, 0.1) is 19.1 Å². The van der Waals surface area contributed by atoms with Crippen molar-refractivity contribution >= 4 is 5.84 Å². The lowest BCUT2D eigenvalue weighted by Crippen LogP contribution is -2.12. The molecule has 0 bridgehead atoms. The van der Waals surface area contributed by atoms with Gasteiger partial charge in [-0.3, -0.25) is 10.4 Å². The van der Waals surface area contributed by atoms with Crippen molar-refractivity contribution < 1.29 is 4.74 Å². The lowest BCUT2D eigenvalue weighted by atomic mass is 10.2. The average Bonchev–Trinajstić information content (AvgIpc) is 2.03. The molecule has 1 heterocycles. The minimum atomic E-state index is 0.130. The van der Waals surface area contributed by atoms with E-state index < -0.39 is 0 Å². The molecule has 0 aliphatic rings. The predicted octanol–water partition coefficient (Wildman–Crippen LogP) is 0.569. The first-order chi connectivity index (χ1) is 5.72. The third kappa shape index (κ3) is 2.23. The number of nitrogens with zero attached hydrogens (tertiary/aromatic N) is 1. The molecule has 0 fully saturated rings. The van der Waals surface area contributed by atoms with Crippen LogP contribution in [-0.2, 0) is 6.42 Å². The number of rotatable bonds is 3. The van der Waals surface area contributed by atoms with Gasteiger partial charge >= 0.3 is 0 Å². The lowest BCUT2D eigenvalue weighted by Gasteiger charge is -2.01. The highest BCUT2D eigenvalue weighted by Crippen LogP contribution is 2.10. The molecule has 0 aliphatic carbocycles. The summed E-state index contributed by atoms with van der Waals surface area (Å²) < 4.78 is 4.96. The maximum absolute atomic E-state index is 7.07. The number of ether oxygens (including phenoxy) is 1. The Morgan fingerprint density at radius 3 is 3.00 bits per heavy atom. The SMILES string of the molecule is COc1cncc(CC(=N)N)c1. The van der Waals surface area contributed by atoms with Crippen molar-refractivity contribution in [1.82, 2.24) is 4.98 Å². The number of pyridine rings is 1. The maximum Gasteiger partial charge on any atom is 0.137 e. The summed E-state index contributed by atoms with van der Waals surface area (Å²) in [6.07, 6.45) is 3.71. The first kappa shape index (κ1) is 8.52. The molecule has 4 nitrogen and oxygen atoms in total. The summed E-state index contributed by atoms with van der Waals surface area (Å²) in [6.45, 7) is 0. The Hall–Kier alpha value is -1.58. The van der Waals surface area contributed by atoms with Crippen LogP contribution in [-0.4, -0.2) is 17.9 Å². The molecule has 3 N–H and O–H groups in total. The fraction of sp³-hybridized carbons (Fsp3) is 0.250. The number of nitrogens with one attached hydrogen (secondary N) is 1. The number of aromatic nitrogens is 1. The monoisotopic (exact) mass is 165 g/mol. The van der Waals surface area contributed by atoms with Crippen LogP contribution >= 0.6 is 0 Å². The van der Waals surface area contributed by atoms with Crippen LogP contribution in [0.4, 0.5) is 0 Å². The van der Waals surface area contributed by atoms with E-state index >= 15 is 0 Å². The molecule has 64 valence electrons. The highest BCUT2D eigenvalue weighted by molar-refractivity contribution is 5.79. The minimum absolute atomic E-state index is 0.130. The Bertz CT molecular complexity index is 285. The largest absolute Gasteiger partial charge is 0.495 e. The second-order valence-electron chi connectivity index (χ2n) is 2.44. The fourth-order valence-electron chi connectivity index (χ4n) is 0.892. The number of hydrogen-bond acceptors (Lipinski definition) is 3. The molecule has 1 aromatic heterocycles. The van der Waals surface area contributed by atoms with E-state index in [4.69, 9.17) is 15.9 Å². The first-order valence-corrected chi connectivity index (χ1v) is 3.53. The second-order valence-corrected chi connectivity index (χ2v) is 2.44. The van der Waals surface area contributed by atoms with E-state index in [2.05, 4.69) is 4.98 Å². The fourth-order valence-corrected chi connectivity index (χ4v) is 0.892. The van der Waals surface area contributed by atoms with Crippen molar-refractivity contribution in [3.8, 4) is 5.75 Å². The Morgan fingerprint density at radius 1 is 1.67 bits per heavy atom. The van der Waals surface area contributed by atoms with E-state index in [1.165, 1.54) is 0 Å². The van der Waals surface area contributed by atoms with Crippen LogP contribution in [0.1, 0.15) is 5.56 Å². The molecule has 1 aromatic rings. The smallest absolute Gasteiger partial charge is 0.137 e. The van der Waals surface area contributed by atoms with Gasteiger partial charge in [-0.25, -0.2) is 0 Å². The van der Waals surface area contributed by atoms with E-state index in [0.29, 0.717) is 12.2 Å². The standard InChI is InChI=1S/C8H11N3O/c1-12-7-2-6(3-8(9)10)4-11-5-7/h2,4-5H,3H2,1H3,(H3,9,10). The molecular formula is C8H11N3O. The van der Waals surface area contributed by atoms with Crippen LogP contribution in [0.3, 0.4) is 0 Å². The normalized spacial score (nSPS) is 9.42. The Kier molecular flexibility index (Phi) is 2.63. The van der Waals surface area contributed by atoms with Gasteiger partial charge in [0.25, 0.3) is 0 Å². The van der Waals surface area contributed by atoms with Crippen LogP contribution < -0.4 is 10.5 Å². The molecule has 0 atom stereocenters. The van der Waals surface area contributed by atoms with Gasteiger partial charge in [0, 0.05) is 12.6 Å². The summed E-state index contributed by atoms with van der Waals surface area (Å²) in [5.74, 6) is 0.818. The molecule has 0 amide bonds. The van der Waals surface area contributed by atoms with Crippen molar-refractivity contribution in [3.05, 3.63) is 24.0 Å². The molecule has 0 radical (unpaired) electrons. The summed E-state index contributed by atoms with van der Waals surface area (Å²) >= 11 is 0. The minimum Gasteiger partial charge on any atom is -0.495 e. The van der Waals surface area contributed by atoms with E-state index in [1.54, 1.807) is 19.5 Å². The van der Waals surface area contributed by atoms with Gasteiger partial charge in [0.15, 0.2) is 0 Å². The molecule has 0 aliphatic heterocycles. The lowest BCUT2D eigenvalue weighted by molar-refractivity contribution is 0.412. The first-order valence-electron chi connectivity index (χ1n) is 3.53. The quantitative estimate of drug-likeness (QED) is 0.508. The van der Waals surface area contributed by atoms with Gasteiger partial charge in [-0.2, -0.15) is 0 Å². The predicted molar refractivity (Wildman–Crippen MR) is 46.4 cm³/mol. The van der Waals surface area contributed by atoms with Crippen molar-refractivity contribution in [1.29, 1.82) is 5.41 Å². The van der Waals surface area contributed by atoms with Gasteiger partial charge in [-0.05, 0) is 11.6 Å². The average molecular weight is 165 g/mol. The van der Waals surface area contributed by atoms with Gasteiger partial charge in [0.2, 0.25) is 0 Å².